The molecule has 1 saturated heterocycles. The lowest BCUT2D eigenvalue weighted by molar-refractivity contribution is -0.135. The van der Waals surface area contributed by atoms with Crippen molar-refractivity contribution in [1.82, 2.24) is 14.8 Å². The third kappa shape index (κ3) is 6.58. The molecule has 0 spiro atoms. The second-order valence-electron chi connectivity index (χ2n) is 8.97. The van der Waals surface area contributed by atoms with Gasteiger partial charge in [-0.15, -0.1) is 0 Å². The van der Waals surface area contributed by atoms with E-state index in [1.165, 1.54) is 11.1 Å². The van der Waals surface area contributed by atoms with Crippen LogP contribution in [0, 0.1) is 5.92 Å². The molecule has 1 atom stereocenters. The van der Waals surface area contributed by atoms with Gasteiger partial charge in [-0.1, -0.05) is 60.1 Å². The summed E-state index contributed by atoms with van der Waals surface area (Å²) in [6.07, 6.45) is 6.70. The molecule has 1 amide bonds. The van der Waals surface area contributed by atoms with Crippen LogP contribution < -0.4 is 4.74 Å². The summed E-state index contributed by atoms with van der Waals surface area (Å²) in [6, 6.07) is 22.4. The van der Waals surface area contributed by atoms with Crippen LogP contribution in [0.4, 0.5) is 0 Å². The highest BCUT2D eigenvalue weighted by atomic mass is 35.5. The minimum atomic E-state index is 0.0155. The Labute approximate surface area is 207 Å². The fourth-order valence-electron chi connectivity index (χ4n) is 4.76. The average molecular weight is 478 g/mol. The van der Waals surface area contributed by atoms with Gasteiger partial charge in [0.05, 0.1) is 5.02 Å². The fraction of sp³-hybridized carbons (Fsp3) is 0.357. The van der Waals surface area contributed by atoms with Gasteiger partial charge >= 0.3 is 0 Å². The van der Waals surface area contributed by atoms with Crippen LogP contribution in [0.15, 0.2) is 79.1 Å². The van der Waals surface area contributed by atoms with Gasteiger partial charge in [0.1, 0.15) is 5.75 Å². The fourth-order valence-corrected chi connectivity index (χ4v) is 4.95. The summed E-state index contributed by atoms with van der Waals surface area (Å²) in [5.41, 5.74) is 2.56. The molecule has 1 aliphatic heterocycles. The van der Waals surface area contributed by atoms with Gasteiger partial charge < -0.3 is 9.64 Å². The molecule has 0 aliphatic carbocycles. The van der Waals surface area contributed by atoms with Crippen LogP contribution in [0.1, 0.15) is 24.0 Å². The number of halogens is 1. The Morgan fingerprint density at radius 3 is 2.47 bits per heavy atom. The predicted molar refractivity (Wildman–Crippen MR) is 136 cm³/mol. The summed E-state index contributed by atoms with van der Waals surface area (Å²) in [4.78, 5) is 21.4. The van der Waals surface area contributed by atoms with Gasteiger partial charge in [-0.2, -0.15) is 0 Å². The summed E-state index contributed by atoms with van der Waals surface area (Å²) in [7, 11) is 2.20. The van der Waals surface area contributed by atoms with E-state index < -0.39 is 0 Å². The summed E-state index contributed by atoms with van der Waals surface area (Å²) >= 11 is 6.14. The smallest absolute Gasteiger partial charge is 0.260 e. The van der Waals surface area contributed by atoms with Crippen LogP contribution >= 0.6 is 11.6 Å². The van der Waals surface area contributed by atoms with Crippen LogP contribution in [0.3, 0.4) is 0 Å². The van der Waals surface area contributed by atoms with Crippen molar-refractivity contribution < 1.29 is 9.53 Å². The molecule has 0 radical (unpaired) electrons. The van der Waals surface area contributed by atoms with Gasteiger partial charge in [0.2, 0.25) is 0 Å². The number of piperidine rings is 1. The van der Waals surface area contributed by atoms with Gasteiger partial charge in [-0.05, 0) is 61.6 Å². The number of hydrogen-bond donors (Lipinski definition) is 0. The normalized spacial score (nSPS) is 15.3. The number of carbonyl (C=O) groups is 1. The van der Waals surface area contributed by atoms with Crippen molar-refractivity contribution in [3.05, 3.63) is 95.3 Å². The third-order valence-electron chi connectivity index (χ3n) is 6.63. The summed E-state index contributed by atoms with van der Waals surface area (Å²) in [5.74, 6) is 1.07. The van der Waals surface area contributed by atoms with Gasteiger partial charge in [0, 0.05) is 38.1 Å². The van der Waals surface area contributed by atoms with Crippen molar-refractivity contribution in [3.8, 4) is 5.75 Å². The van der Waals surface area contributed by atoms with Crippen LogP contribution in [0.25, 0.3) is 0 Å². The molecule has 178 valence electrons. The molecule has 6 heteroatoms. The highest BCUT2D eigenvalue weighted by Gasteiger charge is 2.31. The summed E-state index contributed by atoms with van der Waals surface area (Å²) < 4.78 is 5.67. The maximum Gasteiger partial charge on any atom is 0.260 e. The molecular formula is C28H32ClN3O2. The first kappa shape index (κ1) is 24.2. The lowest BCUT2D eigenvalue weighted by Crippen LogP contribution is -2.47. The number of likely N-dealkylation sites (N-methyl/N-ethyl adjacent to an activating group) is 1. The Kier molecular flexibility index (Phi) is 8.56. The third-order valence-corrected chi connectivity index (χ3v) is 6.95. The van der Waals surface area contributed by atoms with E-state index in [-0.39, 0.29) is 12.5 Å². The molecule has 5 nitrogen and oxygen atoms in total. The van der Waals surface area contributed by atoms with Crippen molar-refractivity contribution in [2.45, 2.75) is 31.8 Å². The predicted octanol–water partition coefficient (Wildman–Crippen LogP) is 5.10. The van der Waals surface area contributed by atoms with E-state index in [0.29, 0.717) is 22.7 Å². The molecule has 1 aliphatic rings. The van der Waals surface area contributed by atoms with Crippen molar-refractivity contribution in [2.75, 3.05) is 26.7 Å². The maximum atomic E-state index is 12.8. The summed E-state index contributed by atoms with van der Waals surface area (Å²) in [5, 5.41) is 0.523. The first-order chi connectivity index (χ1) is 16.6. The molecule has 0 unspecified atom stereocenters. The zero-order valence-electron chi connectivity index (χ0n) is 19.6. The van der Waals surface area contributed by atoms with Crippen LogP contribution in [0.2, 0.25) is 5.02 Å². The van der Waals surface area contributed by atoms with E-state index in [1.54, 1.807) is 12.1 Å². The molecule has 34 heavy (non-hydrogen) atoms. The van der Waals surface area contributed by atoms with Gasteiger partial charge in [-0.3, -0.25) is 14.7 Å². The number of carbonyl (C=O) groups excluding carboxylic acids is 1. The number of nitrogens with zero attached hydrogens (tertiary/aromatic N) is 3. The quantitative estimate of drug-likeness (QED) is 0.430. The zero-order chi connectivity index (χ0) is 23.8. The number of aromatic nitrogens is 1. The van der Waals surface area contributed by atoms with Crippen LogP contribution in [-0.4, -0.2) is 53.5 Å². The Hall–Kier alpha value is -2.89. The standard InChI is InChI=1S/C28H32ClN3O2/c1-31(20-23-10-7-15-30-19-23)26(18-22-8-3-2-4-9-22)24-13-16-32(17-14-24)28(33)21-34-27-12-6-5-11-25(27)29/h2-12,15,19,24,26H,13-14,16-18,20-21H2,1H3/t26-/m1/s1. The van der Waals surface area contributed by atoms with E-state index in [0.717, 1.165) is 38.9 Å². The summed E-state index contributed by atoms with van der Waals surface area (Å²) in [6.45, 7) is 2.38. The number of pyridine rings is 1. The van der Waals surface area contributed by atoms with E-state index in [1.807, 2.05) is 35.5 Å². The number of rotatable bonds is 9. The first-order valence-corrected chi connectivity index (χ1v) is 12.3. The number of hydrogen-bond acceptors (Lipinski definition) is 4. The topological polar surface area (TPSA) is 45.7 Å². The molecule has 0 bridgehead atoms. The van der Waals surface area contributed by atoms with Crippen molar-refractivity contribution in [1.29, 1.82) is 0 Å². The lowest BCUT2D eigenvalue weighted by Gasteiger charge is -2.40. The first-order valence-electron chi connectivity index (χ1n) is 11.9. The van der Waals surface area contributed by atoms with E-state index in [9.17, 15) is 4.79 Å². The second kappa shape index (κ2) is 12.0. The zero-order valence-corrected chi connectivity index (χ0v) is 20.4. The molecule has 1 aromatic heterocycles. The maximum absolute atomic E-state index is 12.8. The molecule has 4 rings (SSSR count). The molecule has 1 fully saturated rings. The lowest BCUT2D eigenvalue weighted by atomic mass is 9.85. The Morgan fingerprint density at radius 1 is 1.06 bits per heavy atom. The molecule has 3 aromatic rings. The minimum Gasteiger partial charge on any atom is -0.482 e. The van der Waals surface area contributed by atoms with E-state index >= 15 is 0 Å². The van der Waals surface area contributed by atoms with Crippen molar-refractivity contribution >= 4 is 17.5 Å². The van der Waals surface area contributed by atoms with Gasteiger partial charge in [-0.25, -0.2) is 0 Å². The number of benzene rings is 2. The largest absolute Gasteiger partial charge is 0.482 e. The SMILES string of the molecule is CN(Cc1cccnc1)[C@H](Cc1ccccc1)C1CCN(C(=O)COc2ccccc2Cl)CC1. The number of para-hydroxylation sites is 1. The van der Waals surface area contributed by atoms with Crippen LogP contribution in [-0.2, 0) is 17.8 Å². The Morgan fingerprint density at radius 2 is 1.76 bits per heavy atom. The monoisotopic (exact) mass is 477 g/mol. The average Bonchev–Trinajstić information content (AvgIpc) is 2.88. The van der Waals surface area contributed by atoms with Crippen molar-refractivity contribution in [3.63, 3.8) is 0 Å². The van der Waals surface area contributed by atoms with Gasteiger partial charge in [0.15, 0.2) is 6.61 Å². The van der Waals surface area contributed by atoms with Gasteiger partial charge in [0.25, 0.3) is 5.91 Å². The molecule has 0 saturated carbocycles. The Balaban J connectivity index is 1.36. The highest BCUT2D eigenvalue weighted by Crippen LogP contribution is 2.28. The van der Waals surface area contributed by atoms with Crippen LogP contribution in [0.5, 0.6) is 5.75 Å². The molecular weight excluding hydrogens is 446 g/mol. The number of ether oxygens (including phenoxy) is 1. The number of likely N-dealkylation sites (tertiary alicyclic amines) is 1. The molecule has 2 aromatic carbocycles. The Bertz CT molecular complexity index is 1040. The van der Waals surface area contributed by atoms with E-state index in [2.05, 4.69) is 53.3 Å². The highest BCUT2D eigenvalue weighted by molar-refractivity contribution is 6.32. The van der Waals surface area contributed by atoms with Crippen molar-refractivity contribution in [2.24, 2.45) is 5.92 Å². The minimum absolute atomic E-state index is 0.0155. The molecule has 2 heterocycles. The number of amides is 1. The molecule has 0 N–H and O–H groups in total. The second-order valence-corrected chi connectivity index (χ2v) is 9.38. The van der Waals surface area contributed by atoms with E-state index in [4.69, 9.17) is 16.3 Å².